The predicted octanol–water partition coefficient (Wildman–Crippen LogP) is 3.87. The standard InChI is InChI=1S/C25H28N4O2/c1-31-23-13-3-2-9-19(23)17-29-16-8-10-20(18-29)24(21-11-4-6-14-26-21)28-25(30)22-12-5-7-15-27-22/h2-7,9,11-15,20,24H,8,10,16-18H2,1H3,(H,28,30). The molecule has 0 aliphatic carbocycles. The number of amides is 1. The van der Waals surface area contributed by atoms with Gasteiger partial charge < -0.3 is 10.1 Å². The van der Waals surface area contributed by atoms with Crippen LogP contribution < -0.4 is 10.1 Å². The van der Waals surface area contributed by atoms with Crippen LogP contribution in [0, 0.1) is 5.92 Å². The summed E-state index contributed by atoms with van der Waals surface area (Å²) in [6.45, 7) is 2.73. The van der Waals surface area contributed by atoms with Crippen LogP contribution in [-0.4, -0.2) is 41.0 Å². The fraction of sp³-hybridized carbons (Fsp3) is 0.320. The molecule has 160 valence electrons. The molecule has 0 radical (unpaired) electrons. The van der Waals surface area contributed by atoms with Gasteiger partial charge in [0.25, 0.3) is 5.91 Å². The van der Waals surface area contributed by atoms with E-state index in [1.807, 2.05) is 48.5 Å². The topological polar surface area (TPSA) is 67.3 Å². The van der Waals surface area contributed by atoms with Crippen molar-refractivity contribution in [1.29, 1.82) is 0 Å². The molecule has 2 aromatic heterocycles. The quantitative estimate of drug-likeness (QED) is 0.633. The minimum Gasteiger partial charge on any atom is -0.496 e. The van der Waals surface area contributed by atoms with E-state index in [1.54, 1.807) is 25.6 Å². The normalized spacial score (nSPS) is 17.6. The van der Waals surface area contributed by atoms with Crippen molar-refractivity contribution >= 4 is 5.91 Å². The first-order valence-electron chi connectivity index (χ1n) is 10.7. The highest BCUT2D eigenvalue weighted by molar-refractivity contribution is 5.92. The molecule has 1 amide bonds. The number of para-hydroxylation sites is 1. The van der Waals surface area contributed by atoms with E-state index in [1.165, 1.54) is 5.56 Å². The summed E-state index contributed by atoms with van der Waals surface area (Å²) in [5.41, 5.74) is 2.48. The maximum atomic E-state index is 12.9. The summed E-state index contributed by atoms with van der Waals surface area (Å²) < 4.78 is 5.53. The molecular formula is C25H28N4O2. The van der Waals surface area contributed by atoms with Gasteiger partial charge >= 0.3 is 0 Å². The van der Waals surface area contributed by atoms with Gasteiger partial charge in [0.15, 0.2) is 0 Å². The zero-order chi connectivity index (χ0) is 21.5. The fourth-order valence-electron chi connectivity index (χ4n) is 4.29. The van der Waals surface area contributed by atoms with Gasteiger partial charge in [-0.15, -0.1) is 0 Å². The van der Waals surface area contributed by atoms with Crippen LogP contribution in [0.5, 0.6) is 5.75 Å². The highest BCUT2D eigenvalue weighted by Gasteiger charge is 2.31. The lowest BCUT2D eigenvalue weighted by Crippen LogP contribution is -2.43. The van der Waals surface area contributed by atoms with Crippen LogP contribution >= 0.6 is 0 Å². The Morgan fingerprint density at radius 3 is 2.61 bits per heavy atom. The molecule has 1 saturated heterocycles. The van der Waals surface area contributed by atoms with E-state index in [0.717, 1.165) is 43.9 Å². The molecule has 1 N–H and O–H groups in total. The molecule has 1 aliphatic rings. The summed E-state index contributed by atoms with van der Waals surface area (Å²) in [7, 11) is 1.71. The van der Waals surface area contributed by atoms with Gasteiger partial charge in [0.2, 0.25) is 0 Å². The number of rotatable bonds is 7. The number of aromatic nitrogens is 2. The van der Waals surface area contributed by atoms with Crippen molar-refractivity contribution in [2.45, 2.75) is 25.4 Å². The van der Waals surface area contributed by atoms with E-state index in [4.69, 9.17) is 4.74 Å². The van der Waals surface area contributed by atoms with Gasteiger partial charge in [0.1, 0.15) is 11.4 Å². The summed E-state index contributed by atoms with van der Waals surface area (Å²) >= 11 is 0. The zero-order valence-electron chi connectivity index (χ0n) is 17.8. The van der Waals surface area contributed by atoms with Crippen molar-refractivity contribution in [3.8, 4) is 5.75 Å². The SMILES string of the molecule is COc1ccccc1CN1CCCC(C(NC(=O)c2ccccn2)c2ccccn2)C1. The molecule has 3 heterocycles. The summed E-state index contributed by atoms with van der Waals surface area (Å²) in [5, 5.41) is 3.21. The molecule has 0 bridgehead atoms. The second-order valence-corrected chi connectivity index (χ2v) is 7.87. The average molecular weight is 417 g/mol. The Bertz CT molecular complexity index is 981. The Morgan fingerprint density at radius 1 is 1.10 bits per heavy atom. The van der Waals surface area contributed by atoms with Crippen LogP contribution in [0.25, 0.3) is 0 Å². The maximum Gasteiger partial charge on any atom is 0.270 e. The van der Waals surface area contributed by atoms with Crippen molar-refractivity contribution < 1.29 is 9.53 Å². The molecule has 2 unspecified atom stereocenters. The van der Waals surface area contributed by atoms with Gasteiger partial charge in [0, 0.05) is 31.0 Å². The Kier molecular flexibility index (Phi) is 6.89. The van der Waals surface area contributed by atoms with E-state index in [2.05, 4.69) is 26.3 Å². The first kappa shape index (κ1) is 21.0. The van der Waals surface area contributed by atoms with Crippen LogP contribution in [0.3, 0.4) is 0 Å². The molecule has 6 heteroatoms. The summed E-state index contributed by atoms with van der Waals surface area (Å²) in [4.78, 5) is 24.1. The number of ether oxygens (including phenoxy) is 1. The van der Waals surface area contributed by atoms with Gasteiger partial charge in [-0.05, 0) is 55.6 Å². The Morgan fingerprint density at radius 2 is 1.87 bits per heavy atom. The minimum absolute atomic E-state index is 0.168. The van der Waals surface area contributed by atoms with Crippen LogP contribution in [0.2, 0.25) is 0 Å². The third kappa shape index (κ3) is 5.27. The molecule has 1 aliphatic heterocycles. The summed E-state index contributed by atoms with van der Waals surface area (Å²) in [6.07, 6.45) is 5.53. The second-order valence-electron chi connectivity index (χ2n) is 7.87. The number of carbonyl (C=O) groups excluding carboxylic acids is 1. The number of hydrogen-bond acceptors (Lipinski definition) is 5. The van der Waals surface area contributed by atoms with Crippen molar-refractivity contribution in [1.82, 2.24) is 20.2 Å². The molecule has 1 fully saturated rings. The van der Waals surface area contributed by atoms with Crippen LogP contribution in [0.15, 0.2) is 73.1 Å². The van der Waals surface area contributed by atoms with Crippen LogP contribution in [0.4, 0.5) is 0 Å². The molecule has 6 nitrogen and oxygen atoms in total. The monoisotopic (exact) mass is 416 g/mol. The average Bonchev–Trinajstić information content (AvgIpc) is 2.84. The van der Waals surface area contributed by atoms with Crippen LogP contribution in [0.1, 0.15) is 40.6 Å². The highest BCUT2D eigenvalue weighted by atomic mass is 16.5. The van der Waals surface area contributed by atoms with E-state index < -0.39 is 0 Å². The first-order chi connectivity index (χ1) is 15.2. The lowest BCUT2D eigenvalue weighted by Gasteiger charge is -2.37. The van der Waals surface area contributed by atoms with Crippen molar-refractivity contribution in [2.75, 3.05) is 20.2 Å². The predicted molar refractivity (Wildman–Crippen MR) is 120 cm³/mol. The lowest BCUT2D eigenvalue weighted by atomic mass is 9.88. The number of nitrogens with zero attached hydrogens (tertiary/aromatic N) is 3. The van der Waals surface area contributed by atoms with E-state index >= 15 is 0 Å². The molecule has 3 aromatic rings. The number of likely N-dealkylation sites (tertiary alicyclic amines) is 1. The fourth-order valence-corrected chi connectivity index (χ4v) is 4.29. The van der Waals surface area contributed by atoms with Crippen molar-refractivity contribution in [3.05, 3.63) is 90.0 Å². The first-order valence-corrected chi connectivity index (χ1v) is 10.7. The van der Waals surface area contributed by atoms with Gasteiger partial charge in [-0.2, -0.15) is 0 Å². The van der Waals surface area contributed by atoms with Gasteiger partial charge in [-0.3, -0.25) is 19.7 Å². The largest absolute Gasteiger partial charge is 0.496 e. The smallest absolute Gasteiger partial charge is 0.270 e. The van der Waals surface area contributed by atoms with Crippen molar-refractivity contribution in [2.24, 2.45) is 5.92 Å². The minimum atomic E-state index is -0.170. The number of pyridine rings is 2. The van der Waals surface area contributed by atoms with Gasteiger partial charge in [0.05, 0.1) is 18.8 Å². The Hall–Kier alpha value is -3.25. The number of piperidine rings is 1. The third-order valence-electron chi connectivity index (χ3n) is 5.79. The van der Waals surface area contributed by atoms with Crippen molar-refractivity contribution in [3.63, 3.8) is 0 Å². The molecule has 0 spiro atoms. The number of benzene rings is 1. The molecule has 4 rings (SSSR count). The second kappa shape index (κ2) is 10.2. The summed E-state index contributed by atoms with van der Waals surface area (Å²) in [6, 6.07) is 19.2. The maximum absolute atomic E-state index is 12.9. The molecule has 31 heavy (non-hydrogen) atoms. The molecule has 2 atom stereocenters. The highest BCUT2D eigenvalue weighted by Crippen LogP contribution is 2.31. The summed E-state index contributed by atoms with van der Waals surface area (Å²) in [5.74, 6) is 0.999. The van der Waals surface area contributed by atoms with Gasteiger partial charge in [-0.1, -0.05) is 30.3 Å². The zero-order valence-corrected chi connectivity index (χ0v) is 17.8. The number of carbonyl (C=O) groups is 1. The molecule has 1 aromatic carbocycles. The number of nitrogens with one attached hydrogen (secondary N) is 1. The van der Waals surface area contributed by atoms with E-state index in [-0.39, 0.29) is 17.9 Å². The van der Waals surface area contributed by atoms with E-state index in [9.17, 15) is 4.79 Å². The third-order valence-corrected chi connectivity index (χ3v) is 5.79. The number of hydrogen-bond donors (Lipinski definition) is 1. The van der Waals surface area contributed by atoms with Crippen LogP contribution in [-0.2, 0) is 6.54 Å². The Balaban J connectivity index is 1.52. The van der Waals surface area contributed by atoms with E-state index in [0.29, 0.717) is 5.69 Å². The van der Waals surface area contributed by atoms with Gasteiger partial charge in [-0.25, -0.2) is 0 Å². The Labute approximate surface area is 183 Å². The molecule has 0 saturated carbocycles. The number of methoxy groups -OCH3 is 1. The lowest BCUT2D eigenvalue weighted by molar-refractivity contribution is 0.0869. The molecular weight excluding hydrogens is 388 g/mol.